The van der Waals surface area contributed by atoms with Crippen LogP contribution < -0.4 is 5.32 Å². The van der Waals surface area contributed by atoms with E-state index < -0.39 is 0 Å². The van der Waals surface area contributed by atoms with Crippen LogP contribution in [-0.2, 0) is 9.53 Å². The molecule has 3 fully saturated rings. The number of hydrogen-bond donors (Lipinski definition) is 1. The van der Waals surface area contributed by atoms with E-state index in [1.807, 2.05) is 0 Å². The maximum absolute atomic E-state index is 12.2. The van der Waals surface area contributed by atoms with Gasteiger partial charge in [0.15, 0.2) is 0 Å². The molecule has 2 atom stereocenters. The first-order valence-electron chi connectivity index (χ1n) is 9.46. The predicted molar refractivity (Wildman–Crippen MR) is 91.3 cm³/mol. The Balaban J connectivity index is 1.33. The fraction of sp³-hybridized carbons (Fsp3) is 0.944. The summed E-state index contributed by atoms with van der Waals surface area (Å²) in [5.74, 6) is 1.86. The van der Waals surface area contributed by atoms with Crippen LogP contribution in [0.2, 0.25) is 0 Å². The number of likely N-dealkylation sites (tertiary alicyclic amines) is 1. The third-order valence-corrected chi connectivity index (χ3v) is 5.39. The minimum Gasteiger partial charge on any atom is -0.373 e. The number of nitrogens with zero attached hydrogens (tertiary/aromatic N) is 2. The Morgan fingerprint density at radius 2 is 1.70 bits per heavy atom. The van der Waals surface area contributed by atoms with E-state index >= 15 is 0 Å². The molecule has 5 nitrogen and oxygen atoms in total. The number of amides is 1. The van der Waals surface area contributed by atoms with Crippen LogP contribution in [-0.4, -0.2) is 73.7 Å². The molecule has 1 saturated carbocycles. The quantitative estimate of drug-likeness (QED) is 0.801. The van der Waals surface area contributed by atoms with Gasteiger partial charge in [-0.2, -0.15) is 0 Å². The van der Waals surface area contributed by atoms with E-state index in [9.17, 15) is 4.79 Å². The average Bonchev–Trinajstić information content (AvgIpc) is 3.31. The van der Waals surface area contributed by atoms with Crippen molar-refractivity contribution in [2.75, 3.05) is 45.8 Å². The second kappa shape index (κ2) is 7.95. The lowest BCUT2D eigenvalue weighted by molar-refractivity contribution is -0.131. The molecule has 0 aromatic rings. The molecule has 23 heavy (non-hydrogen) atoms. The molecule has 1 aliphatic carbocycles. The molecule has 0 spiro atoms. The zero-order valence-electron chi connectivity index (χ0n) is 14.8. The Bertz CT molecular complexity index is 382. The highest BCUT2D eigenvalue weighted by molar-refractivity contribution is 5.78. The van der Waals surface area contributed by atoms with Crippen molar-refractivity contribution in [1.82, 2.24) is 15.1 Å². The maximum atomic E-state index is 12.2. The lowest BCUT2D eigenvalue weighted by atomic mass is 9.95. The first-order valence-corrected chi connectivity index (χ1v) is 9.46. The van der Waals surface area contributed by atoms with Gasteiger partial charge >= 0.3 is 0 Å². The van der Waals surface area contributed by atoms with Crippen molar-refractivity contribution >= 4 is 5.91 Å². The molecule has 5 heteroatoms. The average molecular weight is 323 g/mol. The molecule has 0 bridgehead atoms. The lowest BCUT2D eigenvalue weighted by Crippen LogP contribution is -2.49. The summed E-state index contributed by atoms with van der Waals surface area (Å²) >= 11 is 0. The summed E-state index contributed by atoms with van der Waals surface area (Å²) in [5.41, 5.74) is 0. The van der Waals surface area contributed by atoms with Crippen LogP contribution in [0, 0.1) is 11.8 Å². The number of hydrogen-bond acceptors (Lipinski definition) is 4. The van der Waals surface area contributed by atoms with Gasteiger partial charge in [-0.1, -0.05) is 0 Å². The minimum atomic E-state index is 0.290. The van der Waals surface area contributed by atoms with Gasteiger partial charge in [-0.05, 0) is 57.9 Å². The number of morpholine rings is 1. The van der Waals surface area contributed by atoms with E-state index in [0.29, 0.717) is 18.8 Å². The molecule has 2 saturated heterocycles. The van der Waals surface area contributed by atoms with Gasteiger partial charge in [0, 0.05) is 32.7 Å². The predicted octanol–water partition coefficient (Wildman–Crippen LogP) is 1.33. The van der Waals surface area contributed by atoms with Crippen LogP contribution in [0.1, 0.15) is 39.5 Å². The van der Waals surface area contributed by atoms with Crippen molar-refractivity contribution in [3.05, 3.63) is 0 Å². The Labute approximate surface area is 140 Å². The highest BCUT2D eigenvalue weighted by Gasteiger charge is 2.28. The van der Waals surface area contributed by atoms with Gasteiger partial charge < -0.3 is 15.0 Å². The fourth-order valence-corrected chi connectivity index (χ4v) is 3.98. The number of rotatable bonds is 6. The lowest BCUT2D eigenvalue weighted by Gasteiger charge is -2.39. The standard InChI is InChI=1S/C18H33N3O2/c1-14-11-20(12-15(2)23-14)13-17-5-7-21(8-6-17)18(22)10-19-9-16-3-4-16/h14-17,19H,3-13H2,1-2H3. The van der Waals surface area contributed by atoms with E-state index in [2.05, 4.69) is 29.0 Å². The normalized spacial score (nSPS) is 30.6. The molecule has 0 radical (unpaired) electrons. The third kappa shape index (κ3) is 5.44. The third-order valence-electron chi connectivity index (χ3n) is 5.39. The summed E-state index contributed by atoms with van der Waals surface area (Å²) in [6.45, 7) is 11.0. The van der Waals surface area contributed by atoms with E-state index in [-0.39, 0.29) is 5.91 Å². The highest BCUT2D eigenvalue weighted by Crippen LogP contribution is 2.27. The first-order chi connectivity index (χ1) is 11.1. The molecule has 2 aliphatic heterocycles. The number of carbonyl (C=O) groups is 1. The molecule has 1 amide bonds. The molecule has 2 unspecified atom stereocenters. The van der Waals surface area contributed by atoms with Gasteiger partial charge in [0.2, 0.25) is 5.91 Å². The van der Waals surface area contributed by atoms with E-state index in [0.717, 1.165) is 57.4 Å². The Kier molecular flexibility index (Phi) is 5.94. The van der Waals surface area contributed by atoms with E-state index in [1.165, 1.54) is 19.4 Å². The zero-order valence-corrected chi connectivity index (χ0v) is 14.8. The Morgan fingerprint density at radius 3 is 2.30 bits per heavy atom. The van der Waals surface area contributed by atoms with Crippen molar-refractivity contribution in [1.29, 1.82) is 0 Å². The molecular weight excluding hydrogens is 290 g/mol. The smallest absolute Gasteiger partial charge is 0.236 e. The van der Waals surface area contributed by atoms with Crippen molar-refractivity contribution in [3.63, 3.8) is 0 Å². The molecule has 0 aromatic heterocycles. The van der Waals surface area contributed by atoms with E-state index in [4.69, 9.17) is 4.74 Å². The number of carbonyl (C=O) groups excluding carboxylic acids is 1. The van der Waals surface area contributed by atoms with Gasteiger partial charge in [0.1, 0.15) is 0 Å². The van der Waals surface area contributed by atoms with Crippen molar-refractivity contribution in [3.8, 4) is 0 Å². The topological polar surface area (TPSA) is 44.8 Å². The SMILES string of the molecule is CC1CN(CC2CCN(C(=O)CNCC3CC3)CC2)CC(C)O1. The minimum absolute atomic E-state index is 0.290. The summed E-state index contributed by atoms with van der Waals surface area (Å²) in [7, 11) is 0. The molecule has 3 aliphatic rings. The number of nitrogens with one attached hydrogen (secondary N) is 1. The second-order valence-electron chi connectivity index (χ2n) is 7.87. The second-order valence-corrected chi connectivity index (χ2v) is 7.87. The monoisotopic (exact) mass is 323 g/mol. The highest BCUT2D eigenvalue weighted by atomic mass is 16.5. The maximum Gasteiger partial charge on any atom is 0.236 e. The van der Waals surface area contributed by atoms with Crippen LogP contribution in [0.4, 0.5) is 0 Å². The van der Waals surface area contributed by atoms with Crippen molar-refractivity contribution in [2.45, 2.75) is 51.7 Å². The summed E-state index contributed by atoms with van der Waals surface area (Å²) in [6.07, 6.45) is 5.66. The Hall–Kier alpha value is -0.650. The van der Waals surface area contributed by atoms with Gasteiger partial charge in [-0.25, -0.2) is 0 Å². The number of ether oxygens (including phenoxy) is 1. The number of piperidine rings is 1. The van der Waals surface area contributed by atoms with Crippen LogP contribution in [0.5, 0.6) is 0 Å². The van der Waals surface area contributed by atoms with Gasteiger partial charge in [0.05, 0.1) is 18.8 Å². The van der Waals surface area contributed by atoms with Crippen molar-refractivity contribution < 1.29 is 9.53 Å². The van der Waals surface area contributed by atoms with E-state index in [1.54, 1.807) is 0 Å². The van der Waals surface area contributed by atoms with Gasteiger partial charge in [-0.3, -0.25) is 9.69 Å². The van der Waals surface area contributed by atoms with Crippen molar-refractivity contribution in [2.24, 2.45) is 11.8 Å². The molecule has 3 rings (SSSR count). The fourth-order valence-electron chi connectivity index (χ4n) is 3.98. The summed E-state index contributed by atoms with van der Waals surface area (Å²) in [4.78, 5) is 16.8. The molecular formula is C18H33N3O2. The molecule has 1 N–H and O–H groups in total. The molecule has 0 aromatic carbocycles. The zero-order chi connectivity index (χ0) is 16.2. The van der Waals surface area contributed by atoms with Crippen LogP contribution in [0.15, 0.2) is 0 Å². The molecule has 2 heterocycles. The van der Waals surface area contributed by atoms with Crippen LogP contribution in [0.3, 0.4) is 0 Å². The summed E-state index contributed by atoms with van der Waals surface area (Å²) in [6, 6.07) is 0. The van der Waals surface area contributed by atoms with Crippen LogP contribution >= 0.6 is 0 Å². The largest absolute Gasteiger partial charge is 0.373 e. The van der Waals surface area contributed by atoms with Crippen LogP contribution in [0.25, 0.3) is 0 Å². The first kappa shape index (κ1) is 17.2. The molecule has 132 valence electrons. The summed E-state index contributed by atoms with van der Waals surface area (Å²) in [5, 5.41) is 3.32. The van der Waals surface area contributed by atoms with Gasteiger partial charge in [-0.15, -0.1) is 0 Å². The summed E-state index contributed by atoms with van der Waals surface area (Å²) < 4.78 is 5.81. The Morgan fingerprint density at radius 1 is 1.04 bits per heavy atom. The van der Waals surface area contributed by atoms with Gasteiger partial charge in [0.25, 0.3) is 0 Å².